The Balaban J connectivity index is 2.86. The fraction of sp³-hybridized carbons (Fsp3) is 0.357. The molecule has 0 aliphatic rings. The van der Waals surface area contributed by atoms with Crippen molar-refractivity contribution < 1.29 is 0 Å². The first kappa shape index (κ1) is 15.0. The predicted molar refractivity (Wildman–Crippen MR) is 82.3 cm³/mol. The van der Waals surface area contributed by atoms with E-state index in [0.29, 0.717) is 6.54 Å². The summed E-state index contributed by atoms with van der Waals surface area (Å²) in [6.45, 7) is 5.53. The van der Waals surface area contributed by atoms with Gasteiger partial charge in [0.15, 0.2) is 0 Å². The lowest BCUT2D eigenvalue weighted by atomic mass is 10.1. The van der Waals surface area contributed by atoms with E-state index >= 15 is 0 Å². The second-order valence-corrected chi connectivity index (χ2v) is 4.12. The molecule has 1 aromatic carbocycles. The van der Waals surface area contributed by atoms with Crippen LogP contribution in [0.25, 0.3) is 6.08 Å². The zero-order chi connectivity index (χ0) is 14.1. The second kappa shape index (κ2) is 8.16. The first-order valence-electron chi connectivity index (χ1n) is 6.43. The van der Waals surface area contributed by atoms with Crippen LogP contribution in [0.1, 0.15) is 18.1 Å². The first-order valence-corrected chi connectivity index (χ1v) is 6.43. The summed E-state index contributed by atoms with van der Waals surface area (Å²) < 4.78 is 0. The smallest absolute Gasteiger partial charge is 0.0989 e. The van der Waals surface area contributed by atoms with Gasteiger partial charge in [0, 0.05) is 32.0 Å². The maximum Gasteiger partial charge on any atom is 0.0989 e. The highest BCUT2D eigenvalue weighted by Gasteiger charge is 2.00. The molecule has 0 spiro atoms. The number of benzene rings is 1. The van der Waals surface area contributed by atoms with Crippen molar-refractivity contribution in [3.63, 3.8) is 0 Å². The van der Waals surface area contributed by atoms with Crippen LogP contribution in [0.15, 0.2) is 24.0 Å². The highest BCUT2D eigenvalue weighted by atomic mass is 15.3. The van der Waals surface area contributed by atoms with E-state index in [2.05, 4.69) is 53.5 Å². The molecule has 0 atom stereocenters. The van der Waals surface area contributed by atoms with Crippen molar-refractivity contribution >= 4 is 18.0 Å². The number of anilines is 1. The normalized spacial score (nSPS) is 11.0. The molecule has 1 aromatic rings. The lowest BCUT2D eigenvalue weighted by Crippen LogP contribution is -2.23. The van der Waals surface area contributed by atoms with Crippen LogP contribution >= 0.6 is 0 Å². The van der Waals surface area contributed by atoms with Gasteiger partial charge < -0.3 is 21.5 Å². The maximum absolute atomic E-state index is 6.95. The summed E-state index contributed by atoms with van der Waals surface area (Å²) in [7, 11) is 1.90. The molecule has 104 valence electrons. The zero-order valence-corrected chi connectivity index (χ0v) is 11.8. The van der Waals surface area contributed by atoms with Crippen LogP contribution < -0.4 is 21.5 Å². The number of hydrogen-bond donors (Lipinski definition) is 5. The van der Waals surface area contributed by atoms with Crippen LogP contribution in [0.2, 0.25) is 0 Å². The summed E-state index contributed by atoms with van der Waals surface area (Å²) in [5.41, 5.74) is 9.34. The van der Waals surface area contributed by atoms with Crippen molar-refractivity contribution in [2.24, 2.45) is 0 Å². The fourth-order valence-corrected chi connectivity index (χ4v) is 1.64. The summed E-state index contributed by atoms with van der Waals surface area (Å²) in [6.07, 6.45) is 3.40. The molecule has 0 radical (unpaired) electrons. The molecule has 0 saturated carbocycles. The summed E-state index contributed by atoms with van der Waals surface area (Å²) in [6, 6.07) is 6.15. The highest BCUT2D eigenvalue weighted by molar-refractivity contribution is 5.62. The van der Waals surface area contributed by atoms with Crippen molar-refractivity contribution in [1.29, 1.82) is 5.41 Å². The number of nitrogens with one attached hydrogen (secondary N) is 5. The minimum absolute atomic E-state index is 0.498. The van der Waals surface area contributed by atoms with Gasteiger partial charge >= 0.3 is 0 Å². The van der Waals surface area contributed by atoms with Gasteiger partial charge in [-0.25, -0.2) is 5.43 Å². The average Bonchev–Trinajstić information content (AvgIpc) is 2.42. The molecule has 0 bridgehead atoms. The molecule has 0 aliphatic carbocycles. The number of aryl methyl sites for hydroxylation is 1. The van der Waals surface area contributed by atoms with Crippen molar-refractivity contribution in [3.05, 3.63) is 35.1 Å². The third kappa shape index (κ3) is 5.01. The Labute approximate surface area is 115 Å². The zero-order valence-electron chi connectivity index (χ0n) is 11.8. The van der Waals surface area contributed by atoms with E-state index in [4.69, 9.17) is 5.41 Å². The summed E-state index contributed by atoms with van der Waals surface area (Å²) >= 11 is 0. The molecular formula is C14H23N5. The Morgan fingerprint density at radius 3 is 2.79 bits per heavy atom. The van der Waals surface area contributed by atoms with Crippen LogP contribution in [0, 0.1) is 12.3 Å². The topological polar surface area (TPSA) is 72.0 Å². The van der Waals surface area contributed by atoms with Gasteiger partial charge in [0.1, 0.15) is 0 Å². The molecule has 0 heterocycles. The van der Waals surface area contributed by atoms with E-state index in [0.717, 1.165) is 23.6 Å². The fourth-order valence-electron chi connectivity index (χ4n) is 1.64. The predicted octanol–water partition coefficient (Wildman–Crippen LogP) is 1.69. The molecule has 19 heavy (non-hydrogen) atoms. The SMILES string of the molecule is CCN/C(=C\c1cc(NNCC=N)ccc1C)NC. The van der Waals surface area contributed by atoms with Gasteiger partial charge in [-0.3, -0.25) is 0 Å². The Kier molecular flexibility index (Phi) is 6.46. The van der Waals surface area contributed by atoms with Gasteiger partial charge in [-0.05, 0) is 43.2 Å². The van der Waals surface area contributed by atoms with E-state index < -0.39 is 0 Å². The number of hydrazine groups is 1. The molecule has 5 nitrogen and oxygen atoms in total. The third-order valence-electron chi connectivity index (χ3n) is 2.65. The van der Waals surface area contributed by atoms with E-state index in [1.165, 1.54) is 11.8 Å². The Morgan fingerprint density at radius 2 is 2.16 bits per heavy atom. The highest BCUT2D eigenvalue weighted by Crippen LogP contribution is 2.16. The summed E-state index contributed by atoms with van der Waals surface area (Å²) in [5, 5.41) is 13.4. The standard InChI is InChI=1S/C14H23N5/c1-4-17-14(16-3)10-12-9-13(6-5-11(12)2)19-18-8-7-15/h5-7,9-10,15-19H,4,8H2,1-3H3/b14-10-,15-7?. The molecule has 5 N–H and O–H groups in total. The Hall–Kier alpha value is -2.01. The molecular weight excluding hydrogens is 238 g/mol. The van der Waals surface area contributed by atoms with E-state index in [1.54, 1.807) is 0 Å². The second-order valence-electron chi connectivity index (χ2n) is 4.12. The molecule has 0 amide bonds. The molecule has 1 rings (SSSR count). The molecule has 5 heteroatoms. The largest absolute Gasteiger partial charge is 0.375 e. The van der Waals surface area contributed by atoms with Crippen LogP contribution in [0.5, 0.6) is 0 Å². The van der Waals surface area contributed by atoms with E-state index in [-0.39, 0.29) is 0 Å². The molecule has 0 fully saturated rings. The number of hydrogen-bond acceptors (Lipinski definition) is 5. The van der Waals surface area contributed by atoms with Crippen molar-refractivity contribution in [1.82, 2.24) is 16.1 Å². The summed E-state index contributed by atoms with van der Waals surface area (Å²) in [5.74, 6) is 0.996. The molecule has 0 aromatic heterocycles. The van der Waals surface area contributed by atoms with Gasteiger partial charge in [-0.1, -0.05) is 6.07 Å². The summed E-state index contributed by atoms with van der Waals surface area (Å²) in [4.78, 5) is 0. The molecule has 0 unspecified atom stereocenters. The van der Waals surface area contributed by atoms with Gasteiger partial charge in [0.25, 0.3) is 0 Å². The van der Waals surface area contributed by atoms with Crippen LogP contribution in [-0.4, -0.2) is 26.4 Å². The van der Waals surface area contributed by atoms with Crippen molar-refractivity contribution in [3.8, 4) is 0 Å². The van der Waals surface area contributed by atoms with Gasteiger partial charge in [-0.15, -0.1) is 0 Å². The Bertz CT molecular complexity index is 439. The Morgan fingerprint density at radius 1 is 1.37 bits per heavy atom. The van der Waals surface area contributed by atoms with Crippen molar-refractivity contribution in [2.45, 2.75) is 13.8 Å². The van der Waals surface area contributed by atoms with Gasteiger partial charge in [-0.2, -0.15) is 0 Å². The number of rotatable bonds is 8. The maximum atomic E-state index is 6.95. The van der Waals surface area contributed by atoms with E-state index in [9.17, 15) is 0 Å². The van der Waals surface area contributed by atoms with Crippen LogP contribution in [0.3, 0.4) is 0 Å². The van der Waals surface area contributed by atoms with Gasteiger partial charge in [0.2, 0.25) is 0 Å². The van der Waals surface area contributed by atoms with E-state index in [1.807, 2.05) is 13.1 Å². The minimum Gasteiger partial charge on any atom is -0.375 e. The monoisotopic (exact) mass is 261 g/mol. The van der Waals surface area contributed by atoms with Gasteiger partial charge in [0.05, 0.1) is 5.82 Å². The third-order valence-corrected chi connectivity index (χ3v) is 2.65. The minimum atomic E-state index is 0.498. The molecule has 0 aliphatic heterocycles. The lowest BCUT2D eigenvalue weighted by Gasteiger charge is -2.12. The molecule has 0 saturated heterocycles. The quantitative estimate of drug-likeness (QED) is 0.280. The van der Waals surface area contributed by atoms with Crippen molar-refractivity contribution in [2.75, 3.05) is 25.6 Å². The van der Waals surface area contributed by atoms with Crippen LogP contribution in [-0.2, 0) is 0 Å². The lowest BCUT2D eigenvalue weighted by molar-refractivity contribution is 0.774. The first-order chi connectivity index (χ1) is 9.21. The average molecular weight is 261 g/mol. The van der Waals surface area contributed by atoms with Crippen LogP contribution in [0.4, 0.5) is 5.69 Å².